The zero-order chi connectivity index (χ0) is 15.9. The Bertz CT molecular complexity index is 1020. The maximum absolute atomic E-state index is 4.50. The monoisotopic (exact) mass is 335 g/mol. The van der Waals surface area contributed by atoms with Crippen molar-refractivity contribution in [3.8, 4) is 17.2 Å². The molecular weight excluding hydrogens is 322 g/mol. The predicted molar refractivity (Wildman–Crippen MR) is 90.0 cm³/mol. The minimum Gasteiger partial charge on any atom is -0.264 e. The van der Waals surface area contributed by atoms with Crippen LogP contribution in [0.3, 0.4) is 0 Å². The Kier molecular flexibility index (Phi) is 3.08. The molecule has 5 rings (SSSR count). The van der Waals surface area contributed by atoms with Crippen LogP contribution in [0.5, 0.6) is 0 Å². The van der Waals surface area contributed by atoms with Crippen molar-refractivity contribution in [2.24, 2.45) is 0 Å². The molecule has 0 N–H and O–H groups in total. The molecule has 0 aromatic carbocycles. The summed E-state index contributed by atoms with van der Waals surface area (Å²) in [7, 11) is 0. The summed E-state index contributed by atoms with van der Waals surface area (Å²) in [6.07, 6.45) is 9.67. The van der Waals surface area contributed by atoms with E-state index in [0.29, 0.717) is 11.6 Å². The molecule has 4 aromatic heterocycles. The molecule has 118 valence electrons. The summed E-state index contributed by atoms with van der Waals surface area (Å²) in [6.45, 7) is 0. The quantitative estimate of drug-likeness (QED) is 0.560. The number of thiophene rings is 1. The van der Waals surface area contributed by atoms with E-state index < -0.39 is 0 Å². The van der Waals surface area contributed by atoms with Crippen LogP contribution in [0.25, 0.3) is 27.4 Å². The number of rotatable bonds is 2. The van der Waals surface area contributed by atoms with E-state index in [2.05, 4.69) is 30.4 Å². The minimum absolute atomic E-state index is 0.541. The Balaban J connectivity index is 1.67. The fourth-order valence-electron chi connectivity index (χ4n) is 3.14. The SMILES string of the molecule is c1cncc(-c2nnn(-c3ncnc4sc5c(c34)CCCC5)n2)c1. The highest BCUT2D eigenvalue weighted by Crippen LogP contribution is 2.37. The third kappa shape index (κ3) is 2.10. The highest BCUT2D eigenvalue weighted by molar-refractivity contribution is 7.18. The highest BCUT2D eigenvalue weighted by Gasteiger charge is 2.21. The van der Waals surface area contributed by atoms with Crippen LogP contribution >= 0.6 is 11.3 Å². The van der Waals surface area contributed by atoms with E-state index in [9.17, 15) is 0 Å². The van der Waals surface area contributed by atoms with Crippen molar-refractivity contribution in [2.45, 2.75) is 25.7 Å². The number of tetrazole rings is 1. The third-order valence-corrected chi connectivity index (χ3v) is 5.45. The smallest absolute Gasteiger partial charge is 0.206 e. The van der Waals surface area contributed by atoms with Gasteiger partial charge in [0.1, 0.15) is 11.2 Å². The lowest BCUT2D eigenvalue weighted by Gasteiger charge is -2.10. The van der Waals surface area contributed by atoms with Gasteiger partial charge in [0, 0.05) is 22.8 Å². The van der Waals surface area contributed by atoms with Gasteiger partial charge in [0.15, 0.2) is 5.82 Å². The molecule has 0 saturated carbocycles. The number of fused-ring (bicyclic) bond motifs is 3. The molecule has 1 aliphatic carbocycles. The summed E-state index contributed by atoms with van der Waals surface area (Å²) in [6, 6.07) is 3.77. The van der Waals surface area contributed by atoms with Crippen LogP contribution in [0.1, 0.15) is 23.3 Å². The van der Waals surface area contributed by atoms with E-state index >= 15 is 0 Å². The highest BCUT2D eigenvalue weighted by atomic mass is 32.1. The van der Waals surface area contributed by atoms with Gasteiger partial charge in [0.2, 0.25) is 5.82 Å². The van der Waals surface area contributed by atoms with Crippen LogP contribution in [0.4, 0.5) is 0 Å². The Morgan fingerprint density at radius 1 is 1.12 bits per heavy atom. The van der Waals surface area contributed by atoms with Gasteiger partial charge in [-0.3, -0.25) is 4.98 Å². The number of hydrogen-bond acceptors (Lipinski definition) is 7. The average Bonchev–Trinajstić information content (AvgIpc) is 3.27. The summed E-state index contributed by atoms with van der Waals surface area (Å²) < 4.78 is 0. The summed E-state index contributed by atoms with van der Waals surface area (Å²) in [4.78, 5) is 16.9. The second-order valence-electron chi connectivity index (χ2n) is 5.73. The van der Waals surface area contributed by atoms with Gasteiger partial charge < -0.3 is 0 Å². The zero-order valence-corrected chi connectivity index (χ0v) is 13.6. The van der Waals surface area contributed by atoms with Crippen LogP contribution < -0.4 is 0 Å². The Morgan fingerprint density at radius 3 is 3.00 bits per heavy atom. The van der Waals surface area contributed by atoms with Gasteiger partial charge in [-0.1, -0.05) is 0 Å². The first kappa shape index (κ1) is 13.7. The maximum Gasteiger partial charge on any atom is 0.206 e. The van der Waals surface area contributed by atoms with Crippen LogP contribution in [0.2, 0.25) is 0 Å². The average molecular weight is 335 g/mol. The molecule has 0 saturated heterocycles. The van der Waals surface area contributed by atoms with E-state index in [1.807, 2.05) is 12.1 Å². The molecule has 0 spiro atoms. The topological polar surface area (TPSA) is 82.3 Å². The molecule has 0 fully saturated rings. The lowest BCUT2D eigenvalue weighted by Crippen LogP contribution is -2.05. The fraction of sp³-hybridized carbons (Fsp3) is 0.250. The van der Waals surface area contributed by atoms with Crippen molar-refractivity contribution in [3.63, 3.8) is 0 Å². The Hall–Kier alpha value is -2.74. The molecule has 4 aromatic rings. The summed E-state index contributed by atoms with van der Waals surface area (Å²) in [5, 5.41) is 13.9. The molecule has 0 atom stereocenters. The summed E-state index contributed by atoms with van der Waals surface area (Å²) >= 11 is 1.76. The molecule has 8 heteroatoms. The van der Waals surface area contributed by atoms with E-state index in [1.54, 1.807) is 30.1 Å². The van der Waals surface area contributed by atoms with Crippen molar-refractivity contribution in [2.75, 3.05) is 0 Å². The van der Waals surface area contributed by atoms with Crippen molar-refractivity contribution in [1.82, 2.24) is 35.2 Å². The van der Waals surface area contributed by atoms with E-state index in [0.717, 1.165) is 28.6 Å². The molecule has 24 heavy (non-hydrogen) atoms. The van der Waals surface area contributed by atoms with Crippen LogP contribution in [-0.4, -0.2) is 35.2 Å². The predicted octanol–water partition coefficient (Wildman–Crippen LogP) is 2.61. The van der Waals surface area contributed by atoms with Crippen LogP contribution in [-0.2, 0) is 12.8 Å². The normalized spacial score (nSPS) is 14.0. The summed E-state index contributed by atoms with van der Waals surface area (Å²) in [5.41, 5.74) is 2.19. The summed E-state index contributed by atoms with van der Waals surface area (Å²) in [5.74, 6) is 1.25. The van der Waals surface area contributed by atoms with Gasteiger partial charge in [-0.15, -0.1) is 26.3 Å². The van der Waals surface area contributed by atoms with Crippen molar-refractivity contribution >= 4 is 21.6 Å². The first-order chi connectivity index (χ1) is 11.9. The third-order valence-electron chi connectivity index (χ3n) is 4.25. The molecule has 0 unspecified atom stereocenters. The maximum atomic E-state index is 4.50. The lowest BCUT2D eigenvalue weighted by atomic mass is 9.97. The molecule has 0 aliphatic heterocycles. The van der Waals surface area contributed by atoms with Gasteiger partial charge in [-0.05, 0) is 48.6 Å². The molecule has 4 heterocycles. The molecule has 0 radical (unpaired) electrons. The number of aromatic nitrogens is 7. The Labute approximate surface area is 141 Å². The number of aryl methyl sites for hydroxylation is 2. The minimum atomic E-state index is 0.541. The molecule has 1 aliphatic rings. The largest absolute Gasteiger partial charge is 0.264 e. The van der Waals surface area contributed by atoms with E-state index in [1.165, 1.54) is 28.1 Å². The van der Waals surface area contributed by atoms with Gasteiger partial charge >= 0.3 is 0 Å². The van der Waals surface area contributed by atoms with Gasteiger partial charge in [-0.2, -0.15) is 0 Å². The van der Waals surface area contributed by atoms with Crippen LogP contribution in [0, 0.1) is 0 Å². The van der Waals surface area contributed by atoms with Crippen molar-refractivity contribution in [3.05, 3.63) is 41.3 Å². The van der Waals surface area contributed by atoms with E-state index in [-0.39, 0.29) is 0 Å². The molecule has 7 nitrogen and oxygen atoms in total. The van der Waals surface area contributed by atoms with Gasteiger partial charge in [0.25, 0.3) is 0 Å². The van der Waals surface area contributed by atoms with Crippen molar-refractivity contribution in [1.29, 1.82) is 0 Å². The van der Waals surface area contributed by atoms with Gasteiger partial charge in [-0.25, -0.2) is 9.97 Å². The van der Waals surface area contributed by atoms with Crippen LogP contribution in [0.15, 0.2) is 30.9 Å². The zero-order valence-electron chi connectivity index (χ0n) is 12.8. The number of hydrogen-bond donors (Lipinski definition) is 0. The molecule has 0 amide bonds. The Morgan fingerprint density at radius 2 is 2.08 bits per heavy atom. The number of nitrogens with zero attached hydrogens (tertiary/aromatic N) is 7. The molecule has 0 bridgehead atoms. The second kappa shape index (κ2) is 5.41. The van der Waals surface area contributed by atoms with Gasteiger partial charge in [0.05, 0.1) is 5.39 Å². The van der Waals surface area contributed by atoms with E-state index in [4.69, 9.17) is 0 Å². The standard InChI is InChI=1S/C16H13N7S/c1-2-6-12-11(5-1)13-15(18-9-19-16(13)24-12)23-21-14(20-22-23)10-4-3-7-17-8-10/h3-4,7-9H,1-2,5-6H2. The lowest BCUT2D eigenvalue weighted by molar-refractivity contribution is 0.690. The number of pyridine rings is 1. The fourth-order valence-corrected chi connectivity index (χ4v) is 4.36. The second-order valence-corrected chi connectivity index (χ2v) is 6.82. The first-order valence-corrected chi connectivity index (χ1v) is 8.68. The first-order valence-electron chi connectivity index (χ1n) is 7.86. The molecular formula is C16H13N7S. The van der Waals surface area contributed by atoms with Crippen molar-refractivity contribution < 1.29 is 0 Å².